The second kappa shape index (κ2) is 5.44. The minimum atomic E-state index is -6.09. The van der Waals surface area contributed by atoms with E-state index in [1.807, 2.05) is 0 Å². The van der Waals surface area contributed by atoms with Crippen LogP contribution in [-0.4, -0.2) is 17.4 Å². The summed E-state index contributed by atoms with van der Waals surface area (Å²) in [6, 6.07) is 4.32. The number of alkyl halides is 7. The van der Waals surface area contributed by atoms with Gasteiger partial charge in [0.15, 0.2) is 0 Å². The van der Waals surface area contributed by atoms with E-state index in [2.05, 4.69) is 37.9 Å². The number of rotatable bonds is 2. The van der Waals surface area contributed by atoms with Gasteiger partial charge in [-0.25, -0.2) is 4.39 Å². The third-order valence-corrected chi connectivity index (χ3v) is 3.83. The average molecular weight is 435 g/mol. The zero-order valence-corrected chi connectivity index (χ0v) is 12.5. The van der Waals surface area contributed by atoms with Gasteiger partial charge in [0.25, 0.3) is 0 Å². The SMILES string of the molecule is FC(F)(F)C(F)(Sc1cc(Br)[c]c(Br)c1)C(F)(F)F. The van der Waals surface area contributed by atoms with Crippen molar-refractivity contribution in [1.82, 2.24) is 0 Å². The predicted molar refractivity (Wildman–Crippen MR) is 62.5 cm³/mol. The Balaban J connectivity index is 3.23. The Kier molecular flexibility index (Phi) is 4.89. The largest absolute Gasteiger partial charge is 0.441 e. The lowest BCUT2D eigenvalue weighted by atomic mass is 10.3. The normalized spacial score (nSPS) is 13.7. The van der Waals surface area contributed by atoms with E-state index in [0.29, 0.717) is 0 Å². The molecule has 0 bridgehead atoms. The van der Waals surface area contributed by atoms with Crippen LogP contribution >= 0.6 is 43.6 Å². The van der Waals surface area contributed by atoms with Crippen molar-refractivity contribution < 1.29 is 30.7 Å². The van der Waals surface area contributed by atoms with E-state index in [1.54, 1.807) is 0 Å². The summed E-state index contributed by atoms with van der Waals surface area (Å²) in [5.74, 6) is 0. The van der Waals surface area contributed by atoms with Gasteiger partial charge in [0, 0.05) is 19.9 Å². The maximum atomic E-state index is 13.4. The van der Waals surface area contributed by atoms with Crippen molar-refractivity contribution in [3.05, 3.63) is 27.1 Å². The molecule has 0 saturated carbocycles. The average Bonchev–Trinajstić information content (AvgIpc) is 2.11. The maximum absolute atomic E-state index is 13.4. The molecule has 1 aromatic carbocycles. The van der Waals surface area contributed by atoms with Gasteiger partial charge in [-0.1, -0.05) is 43.6 Å². The first-order valence-corrected chi connectivity index (χ1v) is 6.67. The fraction of sp³-hybridized carbons (Fsp3) is 0.333. The Morgan fingerprint density at radius 1 is 0.842 bits per heavy atom. The number of benzene rings is 1. The number of thioether (sulfide) groups is 1. The summed E-state index contributed by atoms with van der Waals surface area (Å²) in [5.41, 5.74) is 0. The summed E-state index contributed by atoms with van der Waals surface area (Å²) in [7, 11) is 0. The second-order valence-electron chi connectivity index (χ2n) is 3.20. The van der Waals surface area contributed by atoms with Gasteiger partial charge in [-0.15, -0.1) is 0 Å². The molecular weight excluding hydrogens is 433 g/mol. The van der Waals surface area contributed by atoms with Crippen molar-refractivity contribution in [3.63, 3.8) is 0 Å². The molecule has 1 rings (SSSR count). The Labute approximate surface area is 124 Å². The highest BCUT2D eigenvalue weighted by Crippen LogP contribution is 2.55. The van der Waals surface area contributed by atoms with Crippen LogP contribution in [0.4, 0.5) is 30.7 Å². The molecule has 0 aliphatic carbocycles. The van der Waals surface area contributed by atoms with E-state index in [-0.39, 0.29) is 8.95 Å². The Morgan fingerprint density at radius 2 is 1.21 bits per heavy atom. The number of hydrogen-bond donors (Lipinski definition) is 0. The van der Waals surface area contributed by atoms with Crippen molar-refractivity contribution in [2.24, 2.45) is 0 Å². The fourth-order valence-corrected chi connectivity index (χ4v) is 3.37. The zero-order valence-electron chi connectivity index (χ0n) is 8.46. The van der Waals surface area contributed by atoms with Crippen LogP contribution in [0.1, 0.15) is 0 Å². The lowest BCUT2D eigenvalue weighted by Gasteiger charge is -2.29. The summed E-state index contributed by atoms with van der Waals surface area (Å²) < 4.78 is 87.7. The molecule has 1 aromatic rings. The van der Waals surface area contributed by atoms with Crippen LogP contribution in [-0.2, 0) is 0 Å². The molecule has 0 amide bonds. The molecule has 10 heteroatoms. The predicted octanol–water partition coefficient (Wildman–Crippen LogP) is 5.89. The smallest absolute Gasteiger partial charge is 0.211 e. The molecule has 107 valence electrons. The van der Waals surface area contributed by atoms with Crippen LogP contribution < -0.4 is 0 Å². The van der Waals surface area contributed by atoms with Gasteiger partial charge in [0.2, 0.25) is 0 Å². The van der Waals surface area contributed by atoms with Gasteiger partial charge in [-0.05, 0) is 12.1 Å². The van der Waals surface area contributed by atoms with E-state index < -0.39 is 34.0 Å². The van der Waals surface area contributed by atoms with E-state index >= 15 is 0 Å². The highest BCUT2D eigenvalue weighted by molar-refractivity contribution is 9.11. The van der Waals surface area contributed by atoms with E-state index in [9.17, 15) is 30.7 Å². The minimum Gasteiger partial charge on any atom is -0.211 e. The lowest BCUT2D eigenvalue weighted by Crippen LogP contribution is -2.50. The molecule has 0 spiro atoms. The van der Waals surface area contributed by atoms with Crippen molar-refractivity contribution in [3.8, 4) is 0 Å². The quantitative estimate of drug-likeness (QED) is 0.413. The third kappa shape index (κ3) is 3.78. The summed E-state index contributed by atoms with van der Waals surface area (Å²) in [4.78, 5) is -0.547. The van der Waals surface area contributed by atoms with Gasteiger partial charge in [-0.3, -0.25) is 0 Å². The molecule has 0 fully saturated rings. The van der Waals surface area contributed by atoms with E-state index in [0.717, 1.165) is 12.1 Å². The lowest BCUT2D eigenvalue weighted by molar-refractivity contribution is -0.302. The van der Waals surface area contributed by atoms with E-state index in [1.165, 1.54) is 0 Å². The molecule has 0 atom stereocenters. The van der Waals surface area contributed by atoms with Crippen molar-refractivity contribution in [2.75, 3.05) is 0 Å². The number of hydrogen-bond acceptors (Lipinski definition) is 1. The van der Waals surface area contributed by atoms with Crippen molar-refractivity contribution >= 4 is 43.6 Å². The molecule has 0 aliphatic heterocycles. The molecule has 0 heterocycles. The van der Waals surface area contributed by atoms with Gasteiger partial charge in [0.05, 0.1) is 0 Å². The highest BCUT2D eigenvalue weighted by atomic mass is 79.9. The van der Waals surface area contributed by atoms with Gasteiger partial charge in [-0.2, -0.15) is 26.3 Å². The molecule has 0 unspecified atom stereocenters. The number of halogens is 9. The summed E-state index contributed by atoms with van der Waals surface area (Å²) >= 11 is 4.71. The first-order chi connectivity index (χ1) is 8.37. The molecule has 0 saturated heterocycles. The molecular formula is C9H2Br2F7S. The fourth-order valence-electron chi connectivity index (χ4n) is 0.975. The first kappa shape index (κ1) is 17.1. The summed E-state index contributed by atoms with van der Waals surface area (Å²) in [6.45, 7) is 0. The molecule has 19 heavy (non-hydrogen) atoms. The minimum absolute atomic E-state index is 0.0936. The third-order valence-electron chi connectivity index (χ3n) is 1.76. The zero-order chi connectivity index (χ0) is 15.1. The molecule has 0 nitrogen and oxygen atoms in total. The summed E-state index contributed by atoms with van der Waals surface area (Å²) in [6.07, 6.45) is -12.2. The Morgan fingerprint density at radius 3 is 1.53 bits per heavy atom. The van der Waals surface area contributed by atoms with E-state index in [4.69, 9.17) is 0 Å². The molecule has 0 N–H and O–H groups in total. The van der Waals surface area contributed by atoms with Crippen molar-refractivity contribution in [1.29, 1.82) is 0 Å². The maximum Gasteiger partial charge on any atom is 0.441 e. The summed E-state index contributed by atoms with van der Waals surface area (Å²) in [5, 5.41) is -5.37. The monoisotopic (exact) mass is 433 g/mol. The molecule has 0 aliphatic rings. The van der Waals surface area contributed by atoms with Gasteiger partial charge >= 0.3 is 17.4 Å². The molecule has 1 radical (unpaired) electrons. The van der Waals surface area contributed by atoms with Crippen LogP contribution in [0.15, 0.2) is 26.0 Å². The van der Waals surface area contributed by atoms with Gasteiger partial charge in [0.1, 0.15) is 0 Å². The first-order valence-electron chi connectivity index (χ1n) is 4.26. The van der Waals surface area contributed by atoms with Gasteiger partial charge < -0.3 is 0 Å². The standard InChI is InChI=1S/C9H2Br2F7S/c10-4-1-5(11)3-6(2-4)19-7(12,8(13,14)15)9(16,17)18/h2-3H. The molecule has 0 aromatic heterocycles. The van der Waals surface area contributed by atoms with Crippen LogP contribution in [0.5, 0.6) is 0 Å². The Bertz CT molecular complexity index is 434. The Hall–Kier alpha value is 0.0400. The highest BCUT2D eigenvalue weighted by Gasteiger charge is 2.73. The van der Waals surface area contributed by atoms with Crippen LogP contribution in [0.3, 0.4) is 0 Å². The van der Waals surface area contributed by atoms with Crippen LogP contribution in [0.25, 0.3) is 0 Å². The van der Waals surface area contributed by atoms with Crippen molar-refractivity contribution in [2.45, 2.75) is 22.2 Å². The topological polar surface area (TPSA) is 0 Å². The van der Waals surface area contributed by atoms with Crippen LogP contribution in [0.2, 0.25) is 0 Å². The van der Waals surface area contributed by atoms with Crippen LogP contribution in [0, 0.1) is 6.07 Å². The second-order valence-corrected chi connectivity index (χ2v) is 6.15.